The predicted octanol–water partition coefficient (Wildman–Crippen LogP) is 5.59. The molecule has 8 nitrogen and oxygen atoms in total. The fraction of sp³-hybridized carbons (Fsp3) is 0.529. The molecule has 3 atom stereocenters. The maximum absolute atomic E-state index is 14.4. The average molecular weight is 605 g/mol. The van der Waals surface area contributed by atoms with Crippen molar-refractivity contribution in [1.29, 1.82) is 0 Å². The molecule has 2 aromatic carbocycles. The van der Waals surface area contributed by atoms with Crippen LogP contribution in [0.15, 0.2) is 36.4 Å². The van der Waals surface area contributed by atoms with Crippen LogP contribution in [-0.4, -0.2) is 72.6 Å². The van der Waals surface area contributed by atoms with E-state index in [1.807, 2.05) is 37.2 Å². The molecule has 2 saturated carbocycles. The normalized spacial score (nSPS) is 24.7. The number of hydrogen-bond acceptors (Lipinski definition) is 6. The molecule has 7 rings (SSSR count). The van der Waals surface area contributed by atoms with E-state index in [2.05, 4.69) is 42.5 Å². The summed E-state index contributed by atoms with van der Waals surface area (Å²) in [7, 11) is 5.43. The zero-order valence-corrected chi connectivity index (χ0v) is 26.7. The lowest BCUT2D eigenvalue weighted by atomic mass is 9.81. The highest BCUT2D eigenvalue weighted by molar-refractivity contribution is 7.77. The van der Waals surface area contributed by atoms with E-state index in [-0.39, 0.29) is 17.9 Å². The lowest BCUT2D eigenvalue weighted by Gasteiger charge is -2.36. The highest BCUT2D eigenvalue weighted by Crippen LogP contribution is 2.66. The summed E-state index contributed by atoms with van der Waals surface area (Å²) in [5, 5.41) is 1.19. The monoisotopic (exact) mass is 604 g/mol. The number of nitrogens with zero attached hydrogens (tertiary/aromatic N) is 3. The van der Waals surface area contributed by atoms with Crippen LogP contribution in [0.25, 0.3) is 22.2 Å². The minimum atomic E-state index is -0.531. The van der Waals surface area contributed by atoms with Crippen LogP contribution in [-0.2, 0) is 16.1 Å². The third kappa shape index (κ3) is 5.34. The van der Waals surface area contributed by atoms with Gasteiger partial charge in [-0.25, -0.2) is 0 Å². The molecule has 2 amide bonds. The average Bonchev–Trinajstić information content (AvgIpc) is 3.67. The highest BCUT2D eigenvalue weighted by Gasteiger charge is 2.64. The number of carbonyl (C=O) groups is 2. The number of carbonyl (C=O) groups excluding carboxylic acids is 2. The van der Waals surface area contributed by atoms with E-state index in [0.717, 1.165) is 30.5 Å². The third-order valence-corrected chi connectivity index (χ3v) is 9.86. The Labute approximate surface area is 260 Å². The summed E-state index contributed by atoms with van der Waals surface area (Å²) < 4.78 is 15.4. The molecule has 3 fully saturated rings. The Balaban J connectivity index is 0.000000777. The first kappa shape index (κ1) is 30.0. The number of ether oxygens (including phenoxy) is 2. The summed E-state index contributed by atoms with van der Waals surface area (Å²) in [5.41, 5.74) is 11.7. The minimum Gasteiger partial charge on any atom is -0.497 e. The van der Waals surface area contributed by atoms with Crippen LogP contribution < -0.4 is 10.5 Å². The van der Waals surface area contributed by atoms with Gasteiger partial charge in [-0.15, -0.1) is 0 Å². The third-order valence-electron chi connectivity index (χ3n) is 9.86. The summed E-state index contributed by atoms with van der Waals surface area (Å²) in [4.78, 5) is 28.7. The molecule has 0 spiro atoms. The van der Waals surface area contributed by atoms with Gasteiger partial charge < -0.3 is 24.7 Å². The number of hydrogen-bond donors (Lipinski definition) is 2. The number of morpholine rings is 1. The molecule has 1 aromatic heterocycles. The summed E-state index contributed by atoms with van der Waals surface area (Å²) >= 11 is 3.80. The molecule has 2 aliphatic carbocycles. The number of benzene rings is 2. The van der Waals surface area contributed by atoms with E-state index >= 15 is 0 Å². The topological polar surface area (TPSA) is 90.0 Å². The van der Waals surface area contributed by atoms with E-state index < -0.39 is 11.3 Å². The van der Waals surface area contributed by atoms with Crippen LogP contribution in [0.4, 0.5) is 0 Å². The molecule has 4 aliphatic rings. The first-order valence-electron chi connectivity index (χ1n) is 15.6. The second-order valence-corrected chi connectivity index (χ2v) is 13.7. The molecule has 0 radical (unpaired) electrons. The van der Waals surface area contributed by atoms with Gasteiger partial charge in [-0.2, -0.15) is 0 Å². The minimum absolute atomic E-state index is 0.0510. The van der Waals surface area contributed by atoms with Crippen LogP contribution >= 0.6 is 12.8 Å². The largest absolute Gasteiger partial charge is 0.497 e. The van der Waals surface area contributed by atoms with E-state index in [1.165, 1.54) is 47.0 Å². The Hall–Kier alpha value is -3.01. The van der Waals surface area contributed by atoms with E-state index in [1.54, 1.807) is 11.4 Å². The van der Waals surface area contributed by atoms with E-state index in [9.17, 15) is 9.59 Å². The molecule has 2 unspecified atom stereocenters. The van der Waals surface area contributed by atoms with Crippen molar-refractivity contribution in [3.05, 3.63) is 53.1 Å². The van der Waals surface area contributed by atoms with Crippen LogP contribution in [0.3, 0.4) is 0 Å². The Bertz CT molecular complexity index is 1540. The molecule has 9 heteroatoms. The summed E-state index contributed by atoms with van der Waals surface area (Å²) in [6, 6.07) is 12.3. The second kappa shape index (κ2) is 11.8. The van der Waals surface area contributed by atoms with Gasteiger partial charge in [-0.3, -0.25) is 13.9 Å². The Morgan fingerprint density at radius 3 is 2.53 bits per heavy atom. The number of methoxy groups -OCH3 is 1. The van der Waals surface area contributed by atoms with Gasteiger partial charge in [-0.05, 0) is 87.7 Å². The fourth-order valence-corrected chi connectivity index (χ4v) is 7.75. The van der Waals surface area contributed by atoms with Crippen molar-refractivity contribution in [3.8, 4) is 17.0 Å². The van der Waals surface area contributed by atoms with Crippen LogP contribution in [0.5, 0.6) is 5.75 Å². The van der Waals surface area contributed by atoms with Crippen molar-refractivity contribution in [2.45, 2.75) is 69.9 Å². The first-order chi connectivity index (χ1) is 20.7. The maximum Gasteiger partial charge on any atom is 0.248 e. The van der Waals surface area contributed by atoms with Gasteiger partial charge in [0, 0.05) is 41.0 Å². The lowest BCUT2D eigenvalue weighted by molar-refractivity contribution is -0.145. The number of rotatable bonds is 4. The smallest absolute Gasteiger partial charge is 0.248 e. The number of primary amides is 1. The van der Waals surface area contributed by atoms with E-state index in [4.69, 9.17) is 15.2 Å². The second-order valence-electron chi connectivity index (χ2n) is 12.9. The number of aromatic nitrogens is 1. The number of thiol groups is 1. The maximum atomic E-state index is 14.4. The number of nitrogens with two attached hydrogens (primary N) is 1. The van der Waals surface area contributed by atoms with Crippen molar-refractivity contribution < 1.29 is 19.1 Å². The standard InChI is InChI=1S/C32H37N3O4.C2H7NS/c1-19-17-39-13-12-34(19)31(37)32-16-26(32)25-15-22(38-2)9-11-23(25)29-28(20-6-4-3-5-7-20)24-10-8-21(30(33)36)14-27(24)35(29)18-32;1-3(2)4/h8-11,14-15,19-20,26H,3-7,12-13,16-18H2,1-2H3,(H2,33,36);4H,1-2H3/t19-,26?,32?;/m1./s1. The van der Waals surface area contributed by atoms with Gasteiger partial charge in [-0.1, -0.05) is 38.1 Å². The van der Waals surface area contributed by atoms with Crippen LogP contribution in [0.1, 0.15) is 78.8 Å². The molecule has 230 valence electrons. The Morgan fingerprint density at radius 2 is 1.86 bits per heavy atom. The molecule has 0 bridgehead atoms. The predicted molar refractivity (Wildman–Crippen MR) is 173 cm³/mol. The van der Waals surface area contributed by atoms with Gasteiger partial charge in [0.05, 0.1) is 37.5 Å². The van der Waals surface area contributed by atoms with Crippen molar-refractivity contribution >= 4 is 35.5 Å². The molecule has 2 N–H and O–H groups in total. The van der Waals surface area contributed by atoms with Gasteiger partial charge >= 0.3 is 0 Å². The molecule has 3 aromatic rings. The van der Waals surface area contributed by atoms with Crippen molar-refractivity contribution in [1.82, 2.24) is 13.8 Å². The fourth-order valence-electron chi connectivity index (χ4n) is 7.75. The Kier molecular flexibility index (Phi) is 8.26. The van der Waals surface area contributed by atoms with Gasteiger partial charge in [0.2, 0.25) is 11.8 Å². The molecular formula is C34H44N4O4S. The molecule has 3 heterocycles. The van der Waals surface area contributed by atoms with Crippen LogP contribution in [0.2, 0.25) is 0 Å². The molecule has 1 saturated heterocycles. The van der Waals surface area contributed by atoms with Gasteiger partial charge in [0.1, 0.15) is 5.75 Å². The van der Waals surface area contributed by atoms with E-state index in [0.29, 0.717) is 37.8 Å². The Morgan fingerprint density at radius 1 is 1.12 bits per heavy atom. The highest BCUT2D eigenvalue weighted by atomic mass is 32.1. The summed E-state index contributed by atoms with van der Waals surface area (Å²) in [6.45, 7) is 4.45. The number of amides is 2. The van der Waals surface area contributed by atoms with Crippen molar-refractivity contribution in [2.75, 3.05) is 41.0 Å². The van der Waals surface area contributed by atoms with Gasteiger partial charge in [0.25, 0.3) is 0 Å². The molecule has 2 aliphatic heterocycles. The van der Waals surface area contributed by atoms with Gasteiger partial charge in [0.15, 0.2) is 0 Å². The van der Waals surface area contributed by atoms with Crippen molar-refractivity contribution in [3.63, 3.8) is 0 Å². The summed E-state index contributed by atoms with van der Waals surface area (Å²) in [5.74, 6) is 1.19. The number of fused-ring (bicyclic) bond motifs is 7. The lowest BCUT2D eigenvalue weighted by Crippen LogP contribution is -2.51. The SMILES string of the molecule is CN(C)S.COc1ccc2c(c1)C1CC1(C(=O)N1CCOC[C@H]1C)Cn1c-2c(C2CCCCC2)c2ccc(C(N)=O)cc21. The molecule has 43 heavy (non-hydrogen) atoms. The zero-order chi connectivity index (χ0) is 30.5. The van der Waals surface area contributed by atoms with Crippen molar-refractivity contribution in [2.24, 2.45) is 11.1 Å². The zero-order valence-electron chi connectivity index (χ0n) is 25.8. The summed E-state index contributed by atoms with van der Waals surface area (Å²) in [6.07, 6.45) is 6.87. The van der Waals surface area contributed by atoms with Crippen LogP contribution in [0, 0.1) is 5.41 Å². The molecular weight excluding hydrogens is 560 g/mol. The quantitative estimate of drug-likeness (QED) is 0.379. The first-order valence-corrected chi connectivity index (χ1v) is 16.0.